The van der Waals surface area contributed by atoms with Gasteiger partial charge in [-0.1, -0.05) is 54.1 Å². The Morgan fingerprint density at radius 1 is 0.655 bits per heavy atom. The predicted octanol–water partition coefficient (Wildman–Crippen LogP) is 10.8. The van der Waals surface area contributed by atoms with E-state index < -0.39 is 73.5 Å². The fourth-order valence-corrected chi connectivity index (χ4v) is 10.2. The van der Waals surface area contributed by atoms with Crippen LogP contribution < -0.4 is 20.5 Å². The fraction of sp³-hybridized carbons (Fsp3) is 0.222. The van der Waals surface area contributed by atoms with Crippen molar-refractivity contribution in [2.24, 2.45) is 0 Å². The largest absolute Gasteiger partial charge is 0.494 e. The lowest BCUT2D eigenvalue weighted by Gasteiger charge is -2.11. The number of rotatable bonds is 13. The lowest BCUT2D eigenvalue weighted by Crippen LogP contribution is -2.21. The average molecular weight is 1240 g/mol. The number of halogens is 3. The number of anilines is 3. The number of aliphatic hydroxyl groups excluding tert-OH is 1. The first-order valence-electron chi connectivity index (χ1n) is 24.6. The summed E-state index contributed by atoms with van der Waals surface area (Å²) in [7, 11) is -8.51. The molecule has 30 heteroatoms. The summed E-state index contributed by atoms with van der Waals surface area (Å²) in [6.45, 7) is 11.8. The predicted molar refractivity (Wildman–Crippen MR) is 315 cm³/mol. The molecule has 5 N–H and O–H groups in total. The molecule has 4 heterocycles. The first-order valence-corrected chi connectivity index (χ1v) is 29.5. The zero-order valence-corrected chi connectivity index (χ0v) is 49.4. The third-order valence-corrected chi connectivity index (χ3v) is 16.6. The van der Waals surface area contributed by atoms with Gasteiger partial charge in [-0.2, -0.15) is 17.2 Å². The lowest BCUT2D eigenvalue weighted by atomic mass is 10.1. The highest BCUT2D eigenvalue weighted by atomic mass is 35.5. The van der Waals surface area contributed by atoms with Gasteiger partial charge in [0.2, 0.25) is 42.9 Å². The maximum atomic E-state index is 14.0. The number of nitro groups is 2. The molecule has 4 aromatic heterocycles. The van der Waals surface area contributed by atoms with Crippen molar-refractivity contribution >= 4 is 92.3 Å². The zero-order chi connectivity index (χ0) is 62.6. The third kappa shape index (κ3) is 16.3. The van der Waals surface area contributed by atoms with Crippen LogP contribution in [0.25, 0.3) is 44.3 Å². The van der Waals surface area contributed by atoms with Crippen molar-refractivity contribution in [3.8, 4) is 34.0 Å². The van der Waals surface area contributed by atoms with Crippen LogP contribution in [0.2, 0.25) is 5.28 Å². The molecular formula is C54H57ClF2N10O14S3. The Kier molecular flexibility index (Phi) is 22.0. The van der Waals surface area contributed by atoms with Gasteiger partial charge in [-0.05, 0) is 96.5 Å². The van der Waals surface area contributed by atoms with Gasteiger partial charge in [0, 0.05) is 77.1 Å². The second kappa shape index (κ2) is 28.0. The summed E-state index contributed by atoms with van der Waals surface area (Å²) in [5.41, 5.74) is 8.46. The second-order valence-electron chi connectivity index (χ2n) is 18.4. The molecule has 0 bridgehead atoms. The van der Waals surface area contributed by atoms with Crippen molar-refractivity contribution in [2.75, 3.05) is 25.3 Å². The summed E-state index contributed by atoms with van der Waals surface area (Å²) >= 11 is 5.85. The van der Waals surface area contributed by atoms with Crippen LogP contribution in [0.15, 0.2) is 139 Å². The summed E-state index contributed by atoms with van der Waals surface area (Å²) in [6, 6.07) is 27.4. The van der Waals surface area contributed by atoms with Gasteiger partial charge in [0.15, 0.2) is 0 Å². The first kappa shape index (κ1) is 66.1. The van der Waals surface area contributed by atoms with E-state index in [1.54, 1.807) is 109 Å². The number of nitro benzene ring substituents is 2. The number of aryl methyl sites for hydroxylation is 1. The monoisotopic (exact) mass is 1240 g/mol. The number of nitrogens with two attached hydrogens (primary N) is 1. The molecule has 446 valence electrons. The van der Waals surface area contributed by atoms with Crippen LogP contribution in [0.5, 0.6) is 11.5 Å². The van der Waals surface area contributed by atoms with Crippen molar-refractivity contribution in [3.05, 3.63) is 177 Å². The minimum Gasteiger partial charge on any atom is -0.494 e. The first-order chi connectivity index (χ1) is 39.3. The molecule has 24 nitrogen and oxygen atoms in total. The van der Waals surface area contributed by atoms with E-state index in [1.165, 1.54) is 46.7 Å². The number of ether oxygens (including phenoxy) is 2. The molecule has 0 unspecified atom stereocenters. The van der Waals surface area contributed by atoms with E-state index in [2.05, 4.69) is 30.0 Å². The van der Waals surface area contributed by atoms with Crippen molar-refractivity contribution in [3.63, 3.8) is 0 Å². The second-order valence-corrected chi connectivity index (χ2v) is 24.9. The van der Waals surface area contributed by atoms with Crippen molar-refractivity contribution in [1.29, 1.82) is 0 Å². The van der Waals surface area contributed by atoms with E-state index in [0.717, 1.165) is 35.2 Å². The SMILES string of the molecule is CC(C)O.CC(C)S(=O)(=O)n1cc(-c2ccnc(Cl)n2)c2ccccc21.COc1cc(F)c([N+](=O)[O-])cc1N.COc1cc(F)c([N+](=O)[O-])cc1Nc1nccc(-c2cn(S(=O)(=O)C(C)C)c3ccccc23)n1.Cc1ccc(S(=O)(=O)O)cc1. The standard InChI is InChI=1S/C22H20FN5O5S.C15H14ClN3O2S.C7H7FN2O3.C7H8O3S.C3H8O/c1-13(2)34(31,32)27-12-15(14-6-4-5-7-19(14)27)17-8-9-24-22(25-17)26-18-11-20(28(29)30)16(23)10-21(18)33-3;1-10(2)22(20,21)19-9-12(11-5-3-4-6-14(11)19)13-7-8-17-15(16)18-13;1-13-7-2-4(8)6(10(11)12)3-5(7)9;1-6-2-4-7(5-3-6)11(8,9)10;1-3(2)4/h4-13H,1-3H3,(H,24,25,26);3-10H,1-2H3;2-3H,9H2,1H3;2-5H,1H3,(H,8,9,10);3-4H,1-2H3. The molecule has 0 saturated heterocycles. The Bertz CT molecular complexity index is 4190. The molecule has 0 amide bonds. The van der Waals surface area contributed by atoms with Gasteiger partial charge in [0.05, 0.1) is 73.3 Å². The molecule has 84 heavy (non-hydrogen) atoms. The molecule has 0 spiro atoms. The van der Waals surface area contributed by atoms with E-state index in [-0.39, 0.29) is 45.1 Å². The van der Waals surface area contributed by atoms with Crippen LogP contribution in [-0.4, -0.2) is 103 Å². The molecule has 0 aliphatic heterocycles. The van der Waals surface area contributed by atoms with Gasteiger partial charge in [-0.25, -0.2) is 44.7 Å². The molecule has 0 atom stereocenters. The van der Waals surface area contributed by atoms with Crippen LogP contribution in [0.3, 0.4) is 0 Å². The molecule has 0 saturated carbocycles. The summed E-state index contributed by atoms with van der Waals surface area (Å²) in [5.74, 6) is -1.84. The number of hydrogen-bond donors (Lipinski definition) is 4. The highest BCUT2D eigenvalue weighted by molar-refractivity contribution is 7.91. The maximum Gasteiger partial charge on any atom is 0.307 e. The molecule has 9 aromatic rings. The number of hydrogen-bond acceptors (Lipinski definition) is 19. The molecule has 9 rings (SSSR count). The number of para-hydroxylation sites is 2. The van der Waals surface area contributed by atoms with E-state index in [1.807, 2.05) is 25.1 Å². The van der Waals surface area contributed by atoms with Gasteiger partial charge >= 0.3 is 11.4 Å². The highest BCUT2D eigenvalue weighted by Gasteiger charge is 2.26. The molecule has 0 aliphatic carbocycles. The molecule has 5 aromatic carbocycles. The minimum atomic E-state index is -4.02. The minimum absolute atomic E-state index is 0.0248. The Balaban J connectivity index is 0.000000220. The highest BCUT2D eigenvalue weighted by Crippen LogP contribution is 2.36. The smallest absolute Gasteiger partial charge is 0.307 e. The average Bonchev–Trinajstić information content (AvgIpc) is 2.00. The summed E-state index contributed by atoms with van der Waals surface area (Å²) < 4.78 is 120. The number of methoxy groups -OCH3 is 2. The molecule has 0 radical (unpaired) electrons. The number of nitrogens with one attached hydrogen (secondary N) is 1. The summed E-state index contributed by atoms with van der Waals surface area (Å²) in [5, 5.41) is 32.7. The van der Waals surface area contributed by atoms with Gasteiger partial charge < -0.3 is 25.6 Å². The van der Waals surface area contributed by atoms with E-state index in [9.17, 15) is 54.3 Å². The van der Waals surface area contributed by atoms with E-state index in [0.29, 0.717) is 38.9 Å². The Labute approximate surface area is 486 Å². The van der Waals surface area contributed by atoms with Gasteiger partial charge in [-0.15, -0.1) is 0 Å². The zero-order valence-electron chi connectivity index (χ0n) is 46.2. The number of nitrogens with zero attached hydrogens (tertiary/aromatic N) is 8. The third-order valence-electron chi connectivity index (χ3n) is 11.5. The van der Waals surface area contributed by atoms with Gasteiger partial charge in [0.1, 0.15) is 11.5 Å². The van der Waals surface area contributed by atoms with Gasteiger partial charge in [-0.3, -0.25) is 24.8 Å². The number of aromatic nitrogens is 6. The fourth-order valence-electron chi connectivity index (χ4n) is 7.29. The normalized spacial score (nSPS) is 11.3. The maximum absolute atomic E-state index is 14.0. The van der Waals surface area contributed by atoms with Crippen molar-refractivity contribution < 1.29 is 63.0 Å². The Hall–Kier alpha value is -8.74. The Morgan fingerprint density at radius 3 is 1.51 bits per heavy atom. The van der Waals surface area contributed by atoms with Crippen LogP contribution in [0, 0.1) is 38.8 Å². The topological polar surface area (TPSA) is 347 Å². The van der Waals surface area contributed by atoms with Crippen molar-refractivity contribution in [1.82, 2.24) is 27.9 Å². The lowest BCUT2D eigenvalue weighted by molar-refractivity contribution is -0.387. The molecule has 0 aliphatic rings. The number of aliphatic hydroxyl groups is 1. The summed E-state index contributed by atoms with van der Waals surface area (Å²) in [6.07, 6.45) is 5.94. The molecule has 0 fully saturated rings. The molecular weight excluding hydrogens is 1180 g/mol. The summed E-state index contributed by atoms with van der Waals surface area (Å²) in [4.78, 5) is 36.2. The number of fused-ring (bicyclic) bond motifs is 2. The van der Waals surface area contributed by atoms with E-state index >= 15 is 0 Å². The van der Waals surface area contributed by atoms with Crippen molar-refractivity contribution in [2.45, 2.75) is 70.0 Å². The number of benzene rings is 5. The van der Waals surface area contributed by atoms with Crippen LogP contribution >= 0.6 is 11.6 Å². The van der Waals surface area contributed by atoms with E-state index in [4.69, 9.17) is 31.7 Å². The van der Waals surface area contributed by atoms with Gasteiger partial charge in [0.25, 0.3) is 10.1 Å². The Morgan fingerprint density at radius 2 is 1.08 bits per heavy atom. The number of nitrogen functional groups attached to an aromatic ring is 1. The van der Waals surface area contributed by atoms with Crippen LogP contribution in [-0.2, 0) is 30.2 Å². The quantitative estimate of drug-likeness (QED) is 0.0274. The van der Waals surface area contributed by atoms with Crippen LogP contribution in [0.1, 0.15) is 47.1 Å². The van der Waals surface area contributed by atoms with Crippen LogP contribution in [0.4, 0.5) is 37.5 Å².